The van der Waals surface area contributed by atoms with E-state index in [1.807, 2.05) is 48.7 Å². The van der Waals surface area contributed by atoms with Gasteiger partial charge in [0.1, 0.15) is 0 Å². The Morgan fingerprint density at radius 2 is 1.70 bits per heavy atom. The molecule has 3 aromatic rings. The first-order valence-electron chi connectivity index (χ1n) is 6.84. The molecule has 0 aliphatic carbocycles. The van der Waals surface area contributed by atoms with Crippen molar-refractivity contribution in [2.45, 2.75) is 12.6 Å². The van der Waals surface area contributed by atoms with E-state index in [1.54, 1.807) is 0 Å². The van der Waals surface area contributed by atoms with Crippen molar-refractivity contribution in [3.63, 3.8) is 0 Å². The summed E-state index contributed by atoms with van der Waals surface area (Å²) in [5.41, 5.74) is 2.19. The van der Waals surface area contributed by atoms with Crippen LogP contribution in [0, 0.1) is 0 Å². The number of fused-ring (bicyclic) bond motifs is 1. The highest BCUT2D eigenvalue weighted by molar-refractivity contribution is 5.79. The van der Waals surface area contributed by atoms with Crippen molar-refractivity contribution in [3.05, 3.63) is 66.9 Å². The van der Waals surface area contributed by atoms with Gasteiger partial charge in [-0.3, -0.25) is 0 Å². The standard InChI is InChI=1S/C17H18N2O/c20-16(12-18-15-7-2-1-3-8-15)13-19-11-10-14-6-4-5-9-17(14)19/h1-11,16,18,20H,12-13H2/t16-/m0/s1. The van der Waals surface area contributed by atoms with Crippen LogP contribution in [-0.4, -0.2) is 22.3 Å². The van der Waals surface area contributed by atoms with Crippen LogP contribution in [-0.2, 0) is 6.54 Å². The summed E-state index contributed by atoms with van der Waals surface area (Å²) in [4.78, 5) is 0. The van der Waals surface area contributed by atoms with Gasteiger partial charge in [-0.05, 0) is 29.7 Å². The summed E-state index contributed by atoms with van der Waals surface area (Å²) < 4.78 is 2.09. The average Bonchev–Trinajstić information content (AvgIpc) is 2.90. The molecule has 3 nitrogen and oxygen atoms in total. The number of rotatable bonds is 5. The molecular weight excluding hydrogens is 248 g/mol. The highest BCUT2D eigenvalue weighted by Gasteiger charge is 2.07. The van der Waals surface area contributed by atoms with Crippen molar-refractivity contribution < 1.29 is 5.11 Å². The summed E-state index contributed by atoms with van der Waals surface area (Å²) in [7, 11) is 0. The van der Waals surface area contributed by atoms with E-state index >= 15 is 0 Å². The second-order valence-electron chi connectivity index (χ2n) is 4.93. The van der Waals surface area contributed by atoms with Gasteiger partial charge in [0.15, 0.2) is 0 Å². The van der Waals surface area contributed by atoms with Gasteiger partial charge in [0.25, 0.3) is 0 Å². The number of anilines is 1. The fourth-order valence-electron chi connectivity index (χ4n) is 2.38. The van der Waals surface area contributed by atoms with Crippen LogP contribution in [0.4, 0.5) is 5.69 Å². The number of aromatic nitrogens is 1. The fraction of sp³-hybridized carbons (Fsp3) is 0.176. The summed E-state index contributed by atoms with van der Waals surface area (Å²) in [5.74, 6) is 0. The Morgan fingerprint density at radius 1 is 0.950 bits per heavy atom. The molecule has 1 atom stereocenters. The quantitative estimate of drug-likeness (QED) is 0.744. The van der Waals surface area contributed by atoms with Gasteiger partial charge in [-0.2, -0.15) is 0 Å². The largest absolute Gasteiger partial charge is 0.389 e. The Bertz CT molecular complexity index is 676. The van der Waals surface area contributed by atoms with Gasteiger partial charge in [0, 0.05) is 23.9 Å². The maximum absolute atomic E-state index is 10.2. The lowest BCUT2D eigenvalue weighted by Crippen LogP contribution is -2.24. The minimum absolute atomic E-state index is 0.425. The number of nitrogens with zero attached hydrogens (tertiary/aromatic N) is 1. The zero-order chi connectivity index (χ0) is 13.8. The number of aliphatic hydroxyl groups is 1. The van der Waals surface area contributed by atoms with Gasteiger partial charge in [-0.15, -0.1) is 0 Å². The molecule has 0 unspecified atom stereocenters. The van der Waals surface area contributed by atoms with Crippen molar-refractivity contribution in [3.8, 4) is 0 Å². The van der Waals surface area contributed by atoms with Gasteiger partial charge in [0.05, 0.1) is 12.6 Å². The smallest absolute Gasteiger partial charge is 0.0891 e. The molecule has 20 heavy (non-hydrogen) atoms. The van der Waals surface area contributed by atoms with Crippen molar-refractivity contribution in [1.29, 1.82) is 0 Å². The summed E-state index contributed by atoms with van der Waals surface area (Å²) in [6.07, 6.45) is 1.60. The second-order valence-corrected chi connectivity index (χ2v) is 4.93. The Balaban J connectivity index is 1.63. The van der Waals surface area contributed by atoms with E-state index in [1.165, 1.54) is 5.39 Å². The molecule has 3 heteroatoms. The molecule has 1 aromatic heterocycles. The molecule has 0 bridgehead atoms. The van der Waals surface area contributed by atoms with Gasteiger partial charge in [-0.1, -0.05) is 36.4 Å². The molecule has 0 aliphatic heterocycles. The molecule has 0 radical (unpaired) electrons. The molecule has 0 saturated carbocycles. The zero-order valence-corrected chi connectivity index (χ0v) is 11.2. The Hall–Kier alpha value is -2.26. The van der Waals surface area contributed by atoms with E-state index in [0.717, 1.165) is 11.2 Å². The fourth-order valence-corrected chi connectivity index (χ4v) is 2.38. The topological polar surface area (TPSA) is 37.2 Å². The van der Waals surface area contributed by atoms with Crippen molar-refractivity contribution in [2.24, 2.45) is 0 Å². The first-order valence-corrected chi connectivity index (χ1v) is 6.84. The van der Waals surface area contributed by atoms with E-state index in [4.69, 9.17) is 0 Å². The van der Waals surface area contributed by atoms with Crippen LogP contribution in [0.25, 0.3) is 10.9 Å². The third-order valence-corrected chi connectivity index (χ3v) is 3.40. The third kappa shape index (κ3) is 2.83. The Morgan fingerprint density at radius 3 is 2.55 bits per heavy atom. The van der Waals surface area contributed by atoms with Crippen LogP contribution in [0.2, 0.25) is 0 Å². The first kappa shape index (κ1) is 12.8. The van der Waals surface area contributed by atoms with Crippen LogP contribution in [0.5, 0.6) is 0 Å². The molecule has 3 rings (SSSR count). The second kappa shape index (κ2) is 5.80. The molecule has 0 fully saturated rings. The number of hydrogen-bond donors (Lipinski definition) is 2. The van der Waals surface area contributed by atoms with Crippen LogP contribution < -0.4 is 5.32 Å². The average molecular weight is 266 g/mol. The number of nitrogens with one attached hydrogen (secondary N) is 1. The highest BCUT2D eigenvalue weighted by Crippen LogP contribution is 2.15. The Labute approximate surface area is 118 Å². The highest BCUT2D eigenvalue weighted by atomic mass is 16.3. The number of benzene rings is 2. The lowest BCUT2D eigenvalue weighted by Gasteiger charge is -2.14. The number of para-hydroxylation sites is 2. The molecule has 2 aromatic carbocycles. The van der Waals surface area contributed by atoms with Crippen LogP contribution in [0.15, 0.2) is 66.9 Å². The van der Waals surface area contributed by atoms with Crippen molar-refractivity contribution >= 4 is 16.6 Å². The molecule has 0 spiro atoms. The molecule has 1 heterocycles. The number of hydrogen-bond acceptors (Lipinski definition) is 2. The zero-order valence-electron chi connectivity index (χ0n) is 11.2. The van der Waals surface area contributed by atoms with Gasteiger partial charge >= 0.3 is 0 Å². The Kier molecular flexibility index (Phi) is 3.70. The predicted molar refractivity (Wildman–Crippen MR) is 82.9 cm³/mol. The van der Waals surface area contributed by atoms with Gasteiger partial charge in [0.2, 0.25) is 0 Å². The third-order valence-electron chi connectivity index (χ3n) is 3.40. The normalized spacial score (nSPS) is 12.4. The maximum atomic E-state index is 10.2. The van der Waals surface area contributed by atoms with Crippen molar-refractivity contribution in [1.82, 2.24) is 4.57 Å². The predicted octanol–water partition coefficient (Wildman–Crippen LogP) is 3.11. The van der Waals surface area contributed by atoms with Crippen LogP contribution in [0.1, 0.15) is 0 Å². The molecule has 2 N–H and O–H groups in total. The molecule has 102 valence electrons. The monoisotopic (exact) mass is 266 g/mol. The van der Waals surface area contributed by atoms with E-state index < -0.39 is 6.10 Å². The van der Waals surface area contributed by atoms with Crippen molar-refractivity contribution in [2.75, 3.05) is 11.9 Å². The maximum Gasteiger partial charge on any atom is 0.0891 e. The van der Waals surface area contributed by atoms with E-state index in [9.17, 15) is 5.11 Å². The van der Waals surface area contributed by atoms with E-state index in [-0.39, 0.29) is 0 Å². The van der Waals surface area contributed by atoms with Crippen LogP contribution in [0.3, 0.4) is 0 Å². The number of aliphatic hydroxyl groups excluding tert-OH is 1. The van der Waals surface area contributed by atoms with Gasteiger partial charge < -0.3 is 15.0 Å². The molecule has 0 amide bonds. The summed E-state index contributed by atoms with van der Waals surface area (Å²) in [5, 5.41) is 14.6. The summed E-state index contributed by atoms with van der Waals surface area (Å²) in [6, 6.07) is 20.2. The minimum Gasteiger partial charge on any atom is -0.389 e. The SMILES string of the molecule is O[C@@H](CNc1ccccc1)Cn1ccc2ccccc21. The van der Waals surface area contributed by atoms with Crippen LogP contribution >= 0.6 is 0 Å². The molecule has 0 aliphatic rings. The lowest BCUT2D eigenvalue weighted by atomic mass is 10.2. The summed E-state index contributed by atoms with van der Waals surface area (Å²) in [6.45, 7) is 1.13. The first-order chi connectivity index (χ1) is 9.83. The molecular formula is C17H18N2O. The van der Waals surface area contributed by atoms with E-state index in [0.29, 0.717) is 13.1 Å². The lowest BCUT2D eigenvalue weighted by molar-refractivity contribution is 0.168. The van der Waals surface area contributed by atoms with Gasteiger partial charge in [-0.25, -0.2) is 0 Å². The van der Waals surface area contributed by atoms with E-state index in [2.05, 4.69) is 28.1 Å². The molecule has 0 saturated heterocycles. The summed E-state index contributed by atoms with van der Waals surface area (Å²) >= 11 is 0. The minimum atomic E-state index is -0.425.